The highest BCUT2D eigenvalue weighted by Crippen LogP contribution is 2.19. The predicted octanol–water partition coefficient (Wildman–Crippen LogP) is -0.0877. The van der Waals surface area contributed by atoms with Crippen LogP contribution in [-0.2, 0) is 9.53 Å². The molecular formula is C11H20N2O3. The van der Waals surface area contributed by atoms with Gasteiger partial charge in [-0.3, -0.25) is 0 Å². The summed E-state index contributed by atoms with van der Waals surface area (Å²) in [7, 11) is 2.12. The molecule has 2 heterocycles. The lowest BCUT2D eigenvalue weighted by Gasteiger charge is -2.16. The Morgan fingerprint density at radius 1 is 1.50 bits per heavy atom. The Labute approximate surface area is 95.8 Å². The van der Waals surface area contributed by atoms with Crippen LogP contribution in [-0.4, -0.2) is 60.9 Å². The summed E-state index contributed by atoms with van der Waals surface area (Å²) in [5.41, 5.74) is 0. The van der Waals surface area contributed by atoms with Crippen LogP contribution in [0.25, 0.3) is 0 Å². The quantitative estimate of drug-likeness (QED) is 0.704. The molecule has 2 saturated heterocycles. The van der Waals surface area contributed by atoms with Gasteiger partial charge in [0.1, 0.15) is 0 Å². The number of carboxylic acid groups (broad SMARTS) is 1. The molecule has 0 radical (unpaired) electrons. The Balaban J connectivity index is 1.66. The van der Waals surface area contributed by atoms with Crippen LogP contribution in [0.2, 0.25) is 0 Å². The first kappa shape index (κ1) is 11.8. The average Bonchev–Trinajstić information content (AvgIpc) is 2.83. The van der Waals surface area contributed by atoms with Crippen LogP contribution >= 0.6 is 0 Å². The molecule has 0 bridgehead atoms. The van der Waals surface area contributed by atoms with Crippen molar-refractivity contribution in [2.45, 2.75) is 37.5 Å². The second-order valence-corrected chi connectivity index (χ2v) is 4.82. The zero-order valence-corrected chi connectivity index (χ0v) is 9.69. The largest absolute Gasteiger partial charge is 0.479 e. The summed E-state index contributed by atoms with van der Waals surface area (Å²) in [6.07, 6.45) is 2.16. The van der Waals surface area contributed by atoms with E-state index in [0.29, 0.717) is 12.5 Å². The van der Waals surface area contributed by atoms with Crippen LogP contribution in [0.15, 0.2) is 0 Å². The SMILES string of the molecule is CN1CCC(NCC2CCC(C(=O)O)O2)C1. The normalized spacial score (nSPS) is 35.7. The minimum Gasteiger partial charge on any atom is -0.479 e. The molecule has 0 spiro atoms. The van der Waals surface area contributed by atoms with Crippen molar-refractivity contribution in [3.63, 3.8) is 0 Å². The number of rotatable bonds is 4. The highest BCUT2D eigenvalue weighted by atomic mass is 16.5. The van der Waals surface area contributed by atoms with E-state index in [4.69, 9.17) is 9.84 Å². The molecule has 2 fully saturated rings. The van der Waals surface area contributed by atoms with Crippen LogP contribution in [0.5, 0.6) is 0 Å². The van der Waals surface area contributed by atoms with Gasteiger partial charge in [0.2, 0.25) is 0 Å². The van der Waals surface area contributed by atoms with Crippen molar-refractivity contribution in [1.29, 1.82) is 0 Å². The maximum atomic E-state index is 10.7. The number of ether oxygens (including phenoxy) is 1. The Morgan fingerprint density at radius 2 is 2.31 bits per heavy atom. The van der Waals surface area contributed by atoms with Crippen molar-refractivity contribution in [2.75, 3.05) is 26.7 Å². The lowest BCUT2D eigenvalue weighted by molar-refractivity contribution is -0.149. The molecule has 5 heteroatoms. The second kappa shape index (κ2) is 5.12. The Morgan fingerprint density at radius 3 is 2.88 bits per heavy atom. The standard InChI is InChI=1S/C11H20N2O3/c1-13-5-4-8(7-13)12-6-9-2-3-10(16-9)11(14)15/h8-10,12H,2-7H2,1H3,(H,14,15). The first-order valence-corrected chi connectivity index (χ1v) is 5.95. The van der Waals surface area contributed by atoms with E-state index >= 15 is 0 Å². The third-order valence-electron chi connectivity index (χ3n) is 3.41. The minimum atomic E-state index is -0.830. The zero-order valence-electron chi connectivity index (χ0n) is 9.69. The summed E-state index contributed by atoms with van der Waals surface area (Å²) >= 11 is 0. The molecule has 92 valence electrons. The van der Waals surface area contributed by atoms with Gasteiger partial charge in [0.15, 0.2) is 6.10 Å². The molecular weight excluding hydrogens is 208 g/mol. The van der Waals surface area contributed by atoms with E-state index in [0.717, 1.165) is 26.1 Å². The van der Waals surface area contributed by atoms with Crippen molar-refractivity contribution in [1.82, 2.24) is 10.2 Å². The number of carboxylic acids is 1. The maximum absolute atomic E-state index is 10.7. The number of carbonyl (C=O) groups is 1. The molecule has 2 N–H and O–H groups in total. The van der Waals surface area contributed by atoms with Crippen LogP contribution in [0, 0.1) is 0 Å². The second-order valence-electron chi connectivity index (χ2n) is 4.82. The van der Waals surface area contributed by atoms with Gasteiger partial charge in [-0.15, -0.1) is 0 Å². The number of nitrogens with one attached hydrogen (secondary N) is 1. The van der Waals surface area contributed by atoms with Gasteiger partial charge in [-0.2, -0.15) is 0 Å². The summed E-state index contributed by atoms with van der Waals surface area (Å²) in [5, 5.41) is 12.2. The summed E-state index contributed by atoms with van der Waals surface area (Å²) < 4.78 is 5.43. The van der Waals surface area contributed by atoms with Gasteiger partial charge in [-0.1, -0.05) is 0 Å². The van der Waals surface area contributed by atoms with Gasteiger partial charge in [-0.25, -0.2) is 4.79 Å². The first-order valence-electron chi connectivity index (χ1n) is 5.95. The van der Waals surface area contributed by atoms with Gasteiger partial charge in [-0.05, 0) is 32.9 Å². The van der Waals surface area contributed by atoms with Crippen molar-refractivity contribution in [2.24, 2.45) is 0 Å². The van der Waals surface area contributed by atoms with Crippen LogP contribution in [0.4, 0.5) is 0 Å². The van der Waals surface area contributed by atoms with Gasteiger partial charge in [0.05, 0.1) is 6.10 Å². The van der Waals surface area contributed by atoms with Gasteiger partial charge >= 0.3 is 5.97 Å². The number of hydrogen-bond donors (Lipinski definition) is 2. The molecule has 3 unspecified atom stereocenters. The fourth-order valence-electron chi connectivity index (χ4n) is 2.44. The van der Waals surface area contributed by atoms with E-state index in [1.54, 1.807) is 0 Å². The fraction of sp³-hybridized carbons (Fsp3) is 0.909. The molecule has 16 heavy (non-hydrogen) atoms. The van der Waals surface area contributed by atoms with Gasteiger partial charge in [0, 0.05) is 19.1 Å². The van der Waals surface area contributed by atoms with E-state index in [9.17, 15) is 4.79 Å². The Hall–Kier alpha value is -0.650. The van der Waals surface area contributed by atoms with Crippen molar-refractivity contribution < 1.29 is 14.6 Å². The molecule has 0 saturated carbocycles. The Bertz CT molecular complexity index is 260. The number of nitrogens with zero attached hydrogens (tertiary/aromatic N) is 1. The molecule has 2 rings (SSSR count). The number of likely N-dealkylation sites (N-methyl/N-ethyl adjacent to an activating group) is 1. The summed E-state index contributed by atoms with van der Waals surface area (Å²) in [6, 6.07) is 0.539. The molecule has 0 aromatic rings. The lowest BCUT2D eigenvalue weighted by Crippen LogP contribution is -2.37. The molecule has 0 aromatic heterocycles. The number of aliphatic carboxylic acids is 1. The molecule has 0 aromatic carbocycles. The van der Waals surface area contributed by atoms with E-state index in [2.05, 4.69) is 17.3 Å². The Kier molecular flexibility index (Phi) is 3.78. The fourth-order valence-corrected chi connectivity index (χ4v) is 2.44. The monoisotopic (exact) mass is 228 g/mol. The summed E-state index contributed by atoms with van der Waals surface area (Å²) in [6.45, 7) is 3.00. The van der Waals surface area contributed by atoms with E-state index in [-0.39, 0.29) is 6.10 Å². The van der Waals surface area contributed by atoms with Crippen LogP contribution in [0.3, 0.4) is 0 Å². The third-order valence-corrected chi connectivity index (χ3v) is 3.41. The van der Waals surface area contributed by atoms with Crippen molar-refractivity contribution >= 4 is 5.97 Å². The topological polar surface area (TPSA) is 61.8 Å². The minimum absolute atomic E-state index is 0.0759. The molecule has 5 nitrogen and oxygen atoms in total. The zero-order chi connectivity index (χ0) is 11.5. The average molecular weight is 228 g/mol. The molecule has 2 aliphatic rings. The summed E-state index contributed by atoms with van der Waals surface area (Å²) in [4.78, 5) is 13.0. The maximum Gasteiger partial charge on any atom is 0.332 e. The highest BCUT2D eigenvalue weighted by Gasteiger charge is 2.31. The van der Waals surface area contributed by atoms with Gasteiger partial charge in [0.25, 0.3) is 0 Å². The smallest absolute Gasteiger partial charge is 0.332 e. The molecule has 2 aliphatic heterocycles. The first-order chi connectivity index (χ1) is 7.65. The van der Waals surface area contributed by atoms with Crippen LogP contribution in [0.1, 0.15) is 19.3 Å². The van der Waals surface area contributed by atoms with E-state index in [1.165, 1.54) is 6.42 Å². The highest BCUT2D eigenvalue weighted by molar-refractivity contribution is 5.72. The third kappa shape index (κ3) is 2.93. The van der Waals surface area contributed by atoms with Crippen molar-refractivity contribution in [3.8, 4) is 0 Å². The van der Waals surface area contributed by atoms with E-state index in [1.807, 2.05) is 0 Å². The number of hydrogen-bond acceptors (Lipinski definition) is 4. The lowest BCUT2D eigenvalue weighted by atomic mass is 10.2. The molecule has 3 atom stereocenters. The summed E-state index contributed by atoms with van der Waals surface area (Å²) in [5.74, 6) is -0.830. The molecule has 0 aliphatic carbocycles. The predicted molar refractivity (Wildman–Crippen MR) is 59.4 cm³/mol. The van der Waals surface area contributed by atoms with E-state index < -0.39 is 12.1 Å². The van der Waals surface area contributed by atoms with Crippen molar-refractivity contribution in [3.05, 3.63) is 0 Å². The number of likely N-dealkylation sites (tertiary alicyclic amines) is 1. The van der Waals surface area contributed by atoms with Crippen LogP contribution < -0.4 is 5.32 Å². The van der Waals surface area contributed by atoms with Gasteiger partial charge < -0.3 is 20.1 Å². The molecule has 0 amide bonds.